The molecule has 3 nitrogen and oxygen atoms in total. The lowest BCUT2D eigenvalue weighted by molar-refractivity contribution is 0.341. The van der Waals surface area contributed by atoms with Gasteiger partial charge in [-0.1, -0.05) is 6.07 Å². The Morgan fingerprint density at radius 1 is 1.26 bits per heavy atom. The molecule has 0 saturated heterocycles. The van der Waals surface area contributed by atoms with E-state index < -0.39 is 0 Å². The molecule has 2 rings (SSSR count). The Morgan fingerprint density at radius 2 is 2.11 bits per heavy atom. The van der Waals surface area contributed by atoms with Gasteiger partial charge in [0, 0.05) is 10.7 Å². The third kappa shape index (κ3) is 3.96. The maximum absolute atomic E-state index is 5.63. The second kappa shape index (κ2) is 6.57. The number of aryl methyl sites for hydroxylation is 1. The number of anilines is 1. The van der Waals surface area contributed by atoms with E-state index in [-0.39, 0.29) is 0 Å². The Morgan fingerprint density at radius 3 is 2.79 bits per heavy atom. The van der Waals surface area contributed by atoms with Crippen LogP contribution in [0.2, 0.25) is 0 Å². The molecule has 19 heavy (non-hydrogen) atoms. The van der Waals surface area contributed by atoms with Gasteiger partial charge in [0.15, 0.2) is 0 Å². The van der Waals surface area contributed by atoms with Crippen molar-refractivity contribution in [2.45, 2.75) is 20.4 Å². The van der Waals surface area contributed by atoms with Gasteiger partial charge in [-0.05, 0) is 59.6 Å². The highest BCUT2D eigenvalue weighted by molar-refractivity contribution is 9.10. The minimum Gasteiger partial charge on any atom is -0.492 e. The smallest absolute Gasteiger partial charge is 0.142 e. The SMILES string of the molecule is CCOc1cc(C)ccc1NCc1ccc(Br)cn1. The lowest BCUT2D eigenvalue weighted by Crippen LogP contribution is -2.04. The quantitative estimate of drug-likeness (QED) is 0.898. The van der Waals surface area contributed by atoms with E-state index in [4.69, 9.17) is 4.74 Å². The summed E-state index contributed by atoms with van der Waals surface area (Å²) < 4.78 is 6.62. The first kappa shape index (κ1) is 13.9. The molecule has 4 heteroatoms. The number of ether oxygens (including phenoxy) is 1. The molecule has 0 spiro atoms. The van der Waals surface area contributed by atoms with E-state index in [9.17, 15) is 0 Å². The Hall–Kier alpha value is -1.55. The third-order valence-corrected chi connectivity index (χ3v) is 3.15. The van der Waals surface area contributed by atoms with Gasteiger partial charge in [0.1, 0.15) is 5.75 Å². The van der Waals surface area contributed by atoms with Crippen molar-refractivity contribution in [2.24, 2.45) is 0 Å². The second-order valence-electron chi connectivity index (χ2n) is 4.25. The predicted molar refractivity (Wildman–Crippen MR) is 81.6 cm³/mol. The van der Waals surface area contributed by atoms with Crippen LogP contribution in [0.4, 0.5) is 5.69 Å². The monoisotopic (exact) mass is 320 g/mol. The minimum atomic E-state index is 0.661. The topological polar surface area (TPSA) is 34.1 Å². The Balaban J connectivity index is 2.08. The summed E-state index contributed by atoms with van der Waals surface area (Å²) >= 11 is 3.38. The van der Waals surface area contributed by atoms with Crippen LogP contribution in [-0.2, 0) is 6.54 Å². The van der Waals surface area contributed by atoms with Gasteiger partial charge >= 0.3 is 0 Å². The van der Waals surface area contributed by atoms with Gasteiger partial charge in [0.25, 0.3) is 0 Å². The molecule has 0 aliphatic carbocycles. The van der Waals surface area contributed by atoms with Crippen molar-refractivity contribution in [2.75, 3.05) is 11.9 Å². The molecule has 0 aliphatic heterocycles. The van der Waals surface area contributed by atoms with Gasteiger partial charge in [0.2, 0.25) is 0 Å². The van der Waals surface area contributed by atoms with Gasteiger partial charge in [-0.3, -0.25) is 4.98 Å². The molecule has 0 atom stereocenters. The van der Waals surface area contributed by atoms with Gasteiger partial charge < -0.3 is 10.1 Å². The average Bonchev–Trinajstić information content (AvgIpc) is 2.40. The molecule has 1 heterocycles. The summed E-state index contributed by atoms with van der Waals surface area (Å²) in [6.07, 6.45) is 1.80. The maximum atomic E-state index is 5.63. The van der Waals surface area contributed by atoms with E-state index in [1.54, 1.807) is 6.20 Å². The second-order valence-corrected chi connectivity index (χ2v) is 5.17. The first-order valence-electron chi connectivity index (χ1n) is 6.27. The van der Waals surface area contributed by atoms with Crippen molar-refractivity contribution in [1.82, 2.24) is 4.98 Å². The van der Waals surface area contributed by atoms with E-state index in [1.807, 2.05) is 31.2 Å². The molecule has 0 unspecified atom stereocenters. The summed E-state index contributed by atoms with van der Waals surface area (Å²) in [6, 6.07) is 10.1. The van der Waals surface area contributed by atoms with Crippen LogP contribution in [-0.4, -0.2) is 11.6 Å². The molecule has 2 aromatic rings. The lowest BCUT2D eigenvalue weighted by Gasteiger charge is -2.13. The Bertz CT molecular complexity index is 540. The molecular formula is C15H17BrN2O. The number of nitrogens with one attached hydrogen (secondary N) is 1. The fraction of sp³-hybridized carbons (Fsp3) is 0.267. The van der Waals surface area contributed by atoms with Gasteiger partial charge in [-0.15, -0.1) is 0 Å². The molecule has 0 fully saturated rings. The number of aromatic nitrogens is 1. The van der Waals surface area contributed by atoms with Crippen LogP contribution < -0.4 is 10.1 Å². The first-order valence-corrected chi connectivity index (χ1v) is 7.06. The van der Waals surface area contributed by atoms with Crippen LogP contribution in [0.1, 0.15) is 18.2 Å². The molecular weight excluding hydrogens is 304 g/mol. The minimum absolute atomic E-state index is 0.661. The molecule has 0 radical (unpaired) electrons. The van der Waals surface area contributed by atoms with Gasteiger partial charge in [0.05, 0.1) is 24.5 Å². The Kier molecular flexibility index (Phi) is 4.80. The molecule has 100 valence electrons. The molecule has 0 amide bonds. The standard InChI is InChI=1S/C15H17BrN2O/c1-3-19-15-8-11(2)4-7-14(15)18-10-13-6-5-12(16)9-17-13/h4-9,18H,3,10H2,1-2H3. The zero-order valence-corrected chi connectivity index (χ0v) is 12.7. The van der Waals surface area contributed by atoms with Crippen LogP contribution >= 0.6 is 15.9 Å². The Labute approximate surface area is 122 Å². The summed E-state index contributed by atoms with van der Waals surface area (Å²) in [5.74, 6) is 0.889. The van der Waals surface area contributed by atoms with Crippen LogP contribution in [0.3, 0.4) is 0 Å². The molecule has 0 bridgehead atoms. The first-order chi connectivity index (χ1) is 9.19. The predicted octanol–water partition coefficient (Wildman–Crippen LogP) is 4.16. The molecule has 0 saturated carbocycles. The third-order valence-electron chi connectivity index (χ3n) is 2.69. The van der Waals surface area contributed by atoms with Crippen molar-refractivity contribution in [3.63, 3.8) is 0 Å². The number of rotatable bonds is 5. The summed E-state index contributed by atoms with van der Waals surface area (Å²) in [5.41, 5.74) is 3.18. The van der Waals surface area contributed by atoms with E-state index in [2.05, 4.69) is 39.2 Å². The number of hydrogen-bond acceptors (Lipinski definition) is 3. The number of benzene rings is 1. The summed E-state index contributed by atoms with van der Waals surface area (Å²) in [5, 5.41) is 3.36. The molecule has 1 aromatic heterocycles. The van der Waals surface area contributed by atoms with Gasteiger partial charge in [-0.2, -0.15) is 0 Å². The summed E-state index contributed by atoms with van der Waals surface area (Å²) in [6.45, 7) is 5.38. The average molecular weight is 321 g/mol. The van der Waals surface area contributed by atoms with Crippen LogP contribution in [0.15, 0.2) is 41.0 Å². The number of pyridine rings is 1. The molecule has 1 N–H and O–H groups in total. The van der Waals surface area contributed by atoms with Gasteiger partial charge in [-0.25, -0.2) is 0 Å². The largest absolute Gasteiger partial charge is 0.492 e. The van der Waals surface area contributed by atoms with E-state index in [0.717, 1.165) is 21.6 Å². The zero-order valence-electron chi connectivity index (χ0n) is 11.1. The fourth-order valence-corrected chi connectivity index (χ4v) is 1.98. The van der Waals surface area contributed by atoms with Crippen LogP contribution in [0.5, 0.6) is 5.75 Å². The van der Waals surface area contributed by atoms with Crippen molar-refractivity contribution in [3.8, 4) is 5.75 Å². The van der Waals surface area contributed by atoms with Crippen molar-refractivity contribution < 1.29 is 4.74 Å². The van der Waals surface area contributed by atoms with E-state index in [1.165, 1.54) is 5.56 Å². The zero-order chi connectivity index (χ0) is 13.7. The van der Waals surface area contributed by atoms with E-state index >= 15 is 0 Å². The lowest BCUT2D eigenvalue weighted by atomic mass is 10.2. The molecule has 0 aliphatic rings. The number of nitrogens with zero attached hydrogens (tertiary/aromatic N) is 1. The normalized spacial score (nSPS) is 10.3. The highest BCUT2D eigenvalue weighted by Gasteiger charge is 2.04. The van der Waals surface area contributed by atoms with Crippen molar-refractivity contribution in [3.05, 3.63) is 52.3 Å². The number of hydrogen-bond donors (Lipinski definition) is 1. The molecule has 1 aromatic carbocycles. The highest BCUT2D eigenvalue weighted by atomic mass is 79.9. The summed E-state index contributed by atoms with van der Waals surface area (Å²) in [7, 11) is 0. The summed E-state index contributed by atoms with van der Waals surface area (Å²) in [4.78, 5) is 4.34. The van der Waals surface area contributed by atoms with Crippen molar-refractivity contribution >= 4 is 21.6 Å². The highest BCUT2D eigenvalue weighted by Crippen LogP contribution is 2.26. The number of halogens is 1. The van der Waals surface area contributed by atoms with Crippen LogP contribution in [0, 0.1) is 6.92 Å². The van der Waals surface area contributed by atoms with Crippen LogP contribution in [0.25, 0.3) is 0 Å². The maximum Gasteiger partial charge on any atom is 0.142 e. The fourth-order valence-electron chi connectivity index (χ4n) is 1.75. The van der Waals surface area contributed by atoms with E-state index in [0.29, 0.717) is 13.2 Å². The van der Waals surface area contributed by atoms with Crippen molar-refractivity contribution in [1.29, 1.82) is 0 Å².